The van der Waals surface area contributed by atoms with Gasteiger partial charge in [0.1, 0.15) is 18.7 Å². The molecule has 8 amide bonds. The lowest BCUT2D eigenvalue weighted by Crippen LogP contribution is -2.55. The molecule has 5 aliphatic rings. The van der Waals surface area contributed by atoms with Gasteiger partial charge in [0.15, 0.2) is 29.2 Å². The van der Waals surface area contributed by atoms with E-state index in [0.29, 0.717) is 92.1 Å². The fraction of sp³-hybridized carbons (Fsp3) is 0.388. The SMILES string of the molecule is COc1cc2c(cc1OCCCCCOc1cc3c(cc1OC)C(=O)N1Cc4ccccc4C[C@H]1C(O)N3C(=O)OCc1ccc(NC(=O)[C@H](C)NC(=O)[C@@H](NC(=O)CCCCCN3C(=O)C=CC3=O)C(C)C)cc1)N=C[C@@H]1Cc3ccccc3CN1C2=O. The topological polar surface area (TPSA) is 264 Å². The Labute approximate surface area is 516 Å². The predicted octanol–water partition coefficient (Wildman–Crippen LogP) is 7.73. The number of methoxy groups -OCH3 is 2. The van der Waals surface area contributed by atoms with Crippen LogP contribution < -0.4 is 39.8 Å². The number of amides is 8. The molecule has 5 atom stereocenters. The van der Waals surface area contributed by atoms with Crippen molar-refractivity contribution in [2.45, 2.75) is 129 Å². The molecule has 5 heterocycles. The Hall–Kier alpha value is -9.57. The number of carbonyl (C=O) groups excluding carboxylic acids is 8. The summed E-state index contributed by atoms with van der Waals surface area (Å²) < 4.78 is 29.9. The molecule has 0 radical (unpaired) electrons. The molecule has 4 N–H and O–H groups in total. The van der Waals surface area contributed by atoms with Gasteiger partial charge in [-0.05, 0) is 110 Å². The molecule has 0 bridgehead atoms. The third-order valence-electron chi connectivity index (χ3n) is 16.7. The van der Waals surface area contributed by atoms with E-state index < -0.39 is 48.2 Å². The number of aliphatic hydroxyl groups excluding tert-OH is 1. The van der Waals surface area contributed by atoms with Crippen LogP contribution in [0.5, 0.6) is 23.0 Å². The summed E-state index contributed by atoms with van der Waals surface area (Å²) in [5, 5.41) is 20.5. The van der Waals surface area contributed by atoms with Crippen molar-refractivity contribution in [3.8, 4) is 23.0 Å². The number of nitrogens with one attached hydrogen (secondary N) is 3. The van der Waals surface area contributed by atoms with Gasteiger partial charge in [-0.3, -0.25) is 43.5 Å². The van der Waals surface area contributed by atoms with Gasteiger partial charge < -0.3 is 54.5 Å². The molecule has 0 spiro atoms. The molecule has 0 saturated carbocycles. The summed E-state index contributed by atoms with van der Waals surface area (Å²) in [5.74, 6) is -1.57. The van der Waals surface area contributed by atoms with E-state index in [-0.39, 0.29) is 97.5 Å². The van der Waals surface area contributed by atoms with Gasteiger partial charge >= 0.3 is 6.09 Å². The van der Waals surface area contributed by atoms with E-state index in [1.54, 1.807) is 55.1 Å². The molecule has 89 heavy (non-hydrogen) atoms. The average Bonchev–Trinajstić information content (AvgIpc) is 1.70. The van der Waals surface area contributed by atoms with Crippen molar-refractivity contribution in [3.05, 3.63) is 148 Å². The second-order valence-corrected chi connectivity index (χ2v) is 23.0. The summed E-state index contributed by atoms with van der Waals surface area (Å²) in [6.45, 7) is 6.32. The Morgan fingerprint density at radius 3 is 1.90 bits per heavy atom. The molecule has 5 aromatic rings. The van der Waals surface area contributed by atoms with Gasteiger partial charge in [0.2, 0.25) is 17.7 Å². The van der Waals surface area contributed by atoms with Crippen molar-refractivity contribution < 1.29 is 67.1 Å². The van der Waals surface area contributed by atoms with Gasteiger partial charge in [0.05, 0.1) is 62.0 Å². The van der Waals surface area contributed by atoms with Gasteiger partial charge in [-0.25, -0.2) is 9.69 Å². The van der Waals surface area contributed by atoms with Crippen LogP contribution in [0.1, 0.15) is 114 Å². The maximum Gasteiger partial charge on any atom is 0.416 e. The summed E-state index contributed by atoms with van der Waals surface area (Å²) in [6.07, 6.45) is 6.41. The summed E-state index contributed by atoms with van der Waals surface area (Å²) >= 11 is 0. The van der Waals surface area contributed by atoms with Crippen molar-refractivity contribution >= 4 is 70.7 Å². The molecule has 5 aromatic carbocycles. The minimum absolute atomic E-state index is 0.0659. The van der Waals surface area contributed by atoms with Crippen LogP contribution in [0.2, 0.25) is 0 Å². The van der Waals surface area contributed by atoms with E-state index in [1.807, 2.05) is 47.5 Å². The fourth-order valence-electron chi connectivity index (χ4n) is 11.7. The summed E-state index contributed by atoms with van der Waals surface area (Å²) in [4.78, 5) is 117. The van der Waals surface area contributed by atoms with E-state index in [0.717, 1.165) is 26.5 Å². The van der Waals surface area contributed by atoms with E-state index in [2.05, 4.69) is 28.1 Å². The molecule has 0 fully saturated rings. The molecule has 22 nitrogen and oxygen atoms in total. The van der Waals surface area contributed by atoms with E-state index in [9.17, 15) is 43.5 Å². The third-order valence-corrected chi connectivity index (χ3v) is 16.7. The number of fused-ring (bicyclic) bond motifs is 6. The fourth-order valence-corrected chi connectivity index (χ4v) is 11.7. The Bertz CT molecular complexity index is 3570. The lowest BCUT2D eigenvalue weighted by molar-refractivity contribution is -0.137. The van der Waals surface area contributed by atoms with E-state index in [4.69, 9.17) is 28.7 Å². The second kappa shape index (κ2) is 28.1. The van der Waals surface area contributed by atoms with Gasteiger partial charge in [-0.1, -0.05) is 80.9 Å². The first-order valence-corrected chi connectivity index (χ1v) is 30.2. The molecule has 0 saturated heterocycles. The zero-order valence-corrected chi connectivity index (χ0v) is 50.5. The number of unbranched alkanes of at least 4 members (excludes halogenated alkanes) is 4. The number of nitrogens with zero attached hydrogens (tertiary/aromatic N) is 5. The lowest BCUT2D eigenvalue weighted by atomic mass is 9.93. The molecule has 0 aliphatic carbocycles. The average molecular weight is 1220 g/mol. The van der Waals surface area contributed by atoms with Gasteiger partial charge in [0, 0.05) is 62.2 Å². The van der Waals surface area contributed by atoms with Crippen LogP contribution in [0.15, 0.2) is 114 Å². The highest BCUT2D eigenvalue weighted by Crippen LogP contribution is 2.43. The van der Waals surface area contributed by atoms with E-state index in [1.165, 1.54) is 51.0 Å². The number of hydrogen-bond donors (Lipinski definition) is 4. The van der Waals surface area contributed by atoms with Gasteiger partial charge in [-0.2, -0.15) is 0 Å². The Morgan fingerprint density at radius 2 is 1.25 bits per heavy atom. The number of ether oxygens (including phenoxy) is 5. The highest BCUT2D eigenvalue weighted by molar-refractivity contribution is 6.13. The van der Waals surface area contributed by atoms with Crippen LogP contribution in [0.4, 0.5) is 21.9 Å². The van der Waals surface area contributed by atoms with Crippen LogP contribution >= 0.6 is 0 Å². The monoisotopic (exact) mass is 1210 g/mol. The Balaban J connectivity index is 0.738. The number of hydrogen-bond acceptors (Lipinski definition) is 15. The van der Waals surface area contributed by atoms with Gasteiger partial charge in [0.25, 0.3) is 23.6 Å². The maximum absolute atomic E-state index is 14.7. The molecule has 5 aliphatic heterocycles. The smallest absolute Gasteiger partial charge is 0.416 e. The largest absolute Gasteiger partial charge is 0.493 e. The van der Waals surface area contributed by atoms with E-state index >= 15 is 0 Å². The molecular formula is C67H74N8O14. The highest BCUT2D eigenvalue weighted by atomic mass is 16.6. The zero-order valence-electron chi connectivity index (χ0n) is 50.5. The molecular weight excluding hydrogens is 1140 g/mol. The van der Waals surface area contributed by atoms with Crippen LogP contribution in [0.3, 0.4) is 0 Å². The standard InChI is InChI=1S/C67H74N8O14/c1-40(2)61(71-58(76)20-8-6-13-27-72-59(77)25-26-60(72)78)63(80)69-41(3)62(79)70-47-23-21-42(22-24-47)39-89-67(84)75-52-35-57(55(86-5)33-50(52)65(82)74-38-46-19-12-10-17-44(46)31-53(74)66(75)83)88-29-15-7-14-28-87-56-34-51-49(32-54(56)85-4)64(81)73-37-45-18-11-9-16-43(45)30-48(73)36-68-51/h9-12,16-19,21-26,32-36,40-41,48,53,61,66,83H,6-8,13-15,20,27-31,37-39H2,1-5H3,(H,69,80)(H,70,79)(H,71,76)/t41-,48-,53-,61-,66?/m0/s1. The second-order valence-electron chi connectivity index (χ2n) is 23.0. The third kappa shape index (κ3) is 14.2. The summed E-state index contributed by atoms with van der Waals surface area (Å²) in [6, 6.07) is 25.8. The quantitative estimate of drug-likeness (QED) is 0.0340. The number of rotatable bonds is 24. The first kappa shape index (κ1) is 62.5. The molecule has 0 aromatic heterocycles. The molecule has 10 rings (SSSR count). The van der Waals surface area contributed by atoms with Crippen LogP contribution in [0, 0.1) is 5.92 Å². The number of anilines is 2. The van der Waals surface area contributed by atoms with Crippen molar-refractivity contribution in [2.24, 2.45) is 10.9 Å². The van der Waals surface area contributed by atoms with Crippen LogP contribution in [-0.4, -0.2) is 138 Å². The normalized spacial score (nSPS) is 17.9. The number of benzene rings is 5. The summed E-state index contributed by atoms with van der Waals surface area (Å²) in [5.41, 5.74) is 6.21. The predicted molar refractivity (Wildman–Crippen MR) is 329 cm³/mol. The minimum atomic E-state index is -1.55. The molecule has 466 valence electrons. The zero-order chi connectivity index (χ0) is 62.9. The van der Waals surface area contributed by atoms with Crippen molar-refractivity contribution in [1.29, 1.82) is 0 Å². The number of aliphatic imine (C=N–C) groups is 1. The highest BCUT2D eigenvalue weighted by Gasteiger charge is 2.46. The molecule has 1 unspecified atom stereocenters. The lowest BCUT2D eigenvalue weighted by Gasteiger charge is -2.39. The number of carbonyl (C=O) groups is 8. The summed E-state index contributed by atoms with van der Waals surface area (Å²) in [7, 11) is 2.99. The Kier molecular flexibility index (Phi) is 19.7. The van der Waals surface area contributed by atoms with Crippen molar-refractivity contribution in [1.82, 2.24) is 25.3 Å². The Morgan fingerprint density at radius 1 is 0.652 bits per heavy atom. The minimum Gasteiger partial charge on any atom is -0.493 e. The first-order valence-electron chi connectivity index (χ1n) is 30.2. The number of aliphatic hydroxyl groups is 1. The van der Waals surface area contributed by atoms with Crippen LogP contribution in [0.25, 0.3) is 0 Å². The van der Waals surface area contributed by atoms with Crippen molar-refractivity contribution in [3.63, 3.8) is 0 Å². The van der Waals surface area contributed by atoms with Crippen molar-refractivity contribution in [2.75, 3.05) is 44.2 Å². The van der Waals surface area contributed by atoms with Gasteiger partial charge in [-0.15, -0.1) is 0 Å². The van der Waals surface area contributed by atoms with Crippen LogP contribution in [-0.2, 0) is 61.2 Å². The first-order chi connectivity index (χ1) is 43.0. The maximum atomic E-state index is 14.7. The number of imide groups is 1. The molecule has 22 heteroatoms.